The van der Waals surface area contributed by atoms with Gasteiger partial charge in [0.2, 0.25) is 16.9 Å². The molecule has 2 aromatic carbocycles. The van der Waals surface area contributed by atoms with Gasteiger partial charge in [-0.15, -0.1) is 10.2 Å². The lowest BCUT2D eigenvalue weighted by Gasteiger charge is -2.16. The number of para-hydroxylation sites is 1. The van der Waals surface area contributed by atoms with Crippen molar-refractivity contribution < 1.29 is 19.2 Å². The van der Waals surface area contributed by atoms with Gasteiger partial charge in [-0.2, -0.15) is 0 Å². The quantitative estimate of drug-likeness (QED) is 0.306. The van der Waals surface area contributed by atoms with Crippen molar-refractivity contribution in [2.75, 3.05) is 29.1 Å². The van der Waals surface area contributed by atoms with E-state index in [9.17, 15) is 19.2 Å². The van der Waals surface area contributed by atoms with E-state index in [2.05, 4.69) is 15.5 Å². The van der Waals surface area contributed by atoms with Gasteiger partial charge in [0.05, 0.1) is 17.0 Å². The third-order valence-electron chi connectivity index (χ3n) is 5.62. The molecule has 4 amide bonds. The zero-order chi connectivity index (χ0) is 23.7. The first-order chi connectivity index (χ1) is 16.5. The number of fused-ring (bicyclic) bond motifs is 1. The molecule has 0 aliphatic carbocycles. The Morgan fingerprint density at radius 1 is 1.00 bits per heavy atom. The van der Waals surface area contributed by atoms with Gasteiger partial charge in [0.1, 0.15) is 0 Å². The fourth-order valence-electron chi connectivity index (χ4n) is 3.93. The van der Waals surface area contributed by atoms with Crippen LogP contribution >= 0.6 is 23.1 Å². The summed E-state index contributed by atoms with van der Waals surface area (Å²) in [5, 5.41) is 11.2. The summed E-state index contributed by atoms with van der Waals surface area (Å²) in [5.41, 5.74) is 1.62. The summed E-state index contributed by atoms with van der Waals surface area (Å²) in [4.78, 5) is 52.7. The summed E-state index contributed by atoms with van der Waals surface area (Å²) in [7, 11) is 0. The van der Waals surface area contributed by atoms with E-state index in [0.29, 0.717) is 32.9 Å². The summed E-state index contributed by atoms with van der Waals surface area (Å²) < 4.78 is 0.611. The number of nitrogens with one attached hydrogen (secondary N) is 1. The van der Waals surface area contributed by atoms with Crippen molar-refractivity contribution in [3.8, 4) is 0 Å². The maximum atomic E-state index is 12.7. The molecule has 172 valence electrons. The molecule has 0 spiro atoms. The number of anilines is 2. The third kappa shape index (κ3) is 4.31. The summed E-state index contributed by atoms with van der Waals surface area (Å²) in [5.74, 6) is -0.957. The topological polar surface area (TPSA) is 113 Å². The van der Waals surface area contributed by atoms with Crippen LogP contribution < -0.4 is 10.2 Å². The van der Waals surface area contributed by atoms with Crippen molar-refractivity contribution in [2.24, 2.45) is 5.92 Å². The molecule has 2 aliphatic rings. The van der Waals surface area contributed by atoms with Gasteiger partial charge in [-0.1, -0.05) is 53.4 Å². The minimum absolute atomic E-state index is 0.0898. The van der Waals surface area contributed by atoms with Crippen LogP contribution in [0.1, 0.15) is 27.1 Å². The van der Waals surface area contributed by atoms with Crippen LogP contribution in [0.25, 0.3) is 0 Å². The van der Waals surface area contributed by atoms with Crippen molar-refractivity contribution in [1.29, 1.82) is 0 Å². The third-order valence-corrected chi connectivity index (χ3v) is 7.57. The van der Waals surface area contributed by atoms with Gasteiger partial charge in [-0.3, -0.25) is 24.1 Å². The minimum Gasteiger partial charge on any atom is -0.312 e. The number of thioether (sulfide) groups is 1. The highest BCUT2D eigenvalue weighted by Gasteiger charge is 2.36. The first-order valence-corrected chi connectivity index (χ1v) is 12.4. The first kappa shape index (κ1) is 22.2. The smallest absolute Gasteiger partial charge is 0.261 e. The maximum absolute atomic E-state index is 12.7. The number of carbonyl (C=O) groups excluding carboxylic acids is 4. The molecule has 3 aromatic rings. The van der Waals surface area contributed by atoms with Gasteiger partial charge in [-0.25, -0.2) is 0 Å². The number of rotatable bonds is 7. The number of hydrogen-bond acceptors (Lipinski definition) is 8. The van der Waals surface area contributed by atoms with Crippen LogP contribution in [0.3, 0.4) is 0 Å². The largest absolute Gasteiger partial charge is 0.312 e. The summed E-state index contributed by atoms with van der Waals surface area (Å²) >= 11 is 2.56. The Labute approximate surface area is 203 Å². The molecular weight excluding hydrogens is 474 g/mol. The van der Waals surface area contributed by atoms with Gasteiger partial charge in [0, 0.05) is 31.0 Å². The average molecular weight is 494 g/mol. The van der Waals surface area contributed by atoms with Crippen molar-refractivity contribution in [3.63, 3.8) is 0 Å². The summed E-state index contributed by atoms with van der Waals surface area (Å²) in [6.07, 6.45) is 0.140. The Balaban J connectivity index is 1.13. The molecule has 5 rings (SSSR count). The number of amides is 4. The first-order valence-electron chi connectivity index (χ1n) is 10.6. The average Bonchev–Trinajstić information content (AvgIpc) is 3.53. The molecule has 0 saturated carbocycles. The molecule has 9 nitrogen and oxygen atoms in total. The van der Waals surface area contributed by atoms with Gasteiger partial charge < -0.3 is 10.2 Å². The van der Waals surface area contributed by atoms with Gasteiger partial charge in [-0.05, 0) is 24.3 Å². The Bertz CT molecular complexity index is 1240. The molecule has 1 fully saturated rings. The van der Waals surface area contributed by atoms with Gasteiger partial charge >= 0.3 is 0 Å². The van der Waals surface area contributed by atoms with Crippen molar-refractivity contribution >= 4 is 57.5 Å². The molecule has 1 atom stereocenters. The molecular formula is C23H19N5O4S2. The second kappa shape index (κ2) is 9.35. The molecule has 1 N–H and O–H groups in total. The number of benzene rings is 2. The van der Waals surface area contributed by atoms with E-state index in [1.807, 2.05) is 30.3 Å². The lowest BCUT2D eigenvalue weighted by atomic mass is 10.1. The second-order valence-electron chi connectivity index (χ2n) is 7.76. The van der Waals surface area contributed by atoms with E-state index < -0.39 is 5.92 Å². The predicted molar refractivity (Wildman–Crippen MR) is 128 cm³/mol. The second-order valence-corrected chi connectivity index (χ2v) is 10.1. The molecule has 34 heavy (non-hydrogen) atoms. The minimum atomic E-state index is -0.471. The fourth-order valence-corrected chi connectivity index (χ4v) is 5.68. The molecule has 2 aliphatic heterocycles. The molecule has 0 bridgehead atoms. The van der Waals surface area contributed by atoms with E-state index >= 15 is 0 Å². The van der Waals surface area contributed by atoms with Gasteiger partial charge in [0.25, 0.3) is 11.8 Å². The maximum Gasteiger partial charge on any atom is 0.261 e. The lowest BCUT2D eigenvalue weighted by molar-refractivity contribution is -0.122. The van der Waals surface area contributed by atoms with E-state index in [4.69, 9.17) is 0 Å². The van der Waals surface area contributed by atoms with Crippen LogP contribution in [0, 0.1) is 5.92 Å². The van der Waals surface area contributed by atoms with Crippen molar-refractivity contribution in [3.05, 3.63) is 65.7 Å². The van der Waals surface area contributed by atoms with Crippen LogP contribution in [0.4, 0.5) is 10.8 Å². The van der Waals surface area contributed by atoms with E-state index in [-0.39, 0.29) is 36.6 Å². The van der Waals surface area contributed by atoms with Crippen LogP contribution in [0.2, 0.25) is 0 Å². The van der Waals surface area contributed by atoms with Crippen LogP contribution in [0.15, 0.2) is 58.9 Å². The highest BCUT2D eigenvalue weighted by molar-refractivity contribution is 8.01. The van der Waals surface area contributed by atoms with E-state index in [1.165, 1.54) is 28.0 Å². The Kier molecular flexibility index (Phi) is 6.12. The Morgan fingerprint density at radius 3 is 2.38 bits per heavy atom. The summed E-state index contributed by atoms with van der Waals surface area (Å²) in [6.45, 7) is 0.563. The monoisotopic (exact) mass is 493 g/mol. The number of imide groups is 1. The lowest BCUT2D eigenvalue weighted by Crippen LogP contribution is -2.31. The molecule has 1 unspecified atom stereocenters. The zero-order valence-electron chi connectivity index (χ0n) is 17.8. The highest BCUT2D eigenvalue weighted by atomic mass is 32.2. The van der Waals surface area contributed by atoms with Crippen LogP contribution in [-0.2, 0) is 9.59 Å². The molecule has 1 aromatic heterocycles. The van der Waals surface area contributed by atoms with Crippen LogP contribution in [0.5, 0.6) is 0 Å². The Morgan fingerprint density at radius 2 is 1.68 bits per heavy atom. The normalized spacial score (nSPS) is 17.4. The molecule has 11 heteroatoms. The van der Waals surface area contributed by atoms with Crippen molar-refractivity contribution in [2.45, 2.75) is 10.8 Å². The highest BCUT2D eigenvalue weighted by Crippen LogP contribution is 2.29. The number of aromatic nitrogens is 2. The fraction of sp³-hybridized carbons (Fsp3) is 0.217. The molecule has 0 radical (unpaired) electrons. The SMILES string of the molecule is O=C(Nc1nnc(SCCN2C(=O)c3ccccc3C2=O)s1)C1CC(=O)N(c2ccccc2)C1. The number of hydrogen-bond donors (Lipinski definition) is 1. The number of nitrogens with zero attached hydrogens (tertiary/aromatic N) is 4. The molecule has 3 heterocycles. The molecule has 1 saturated heterocycles. The zero-order valence-corrected chi connectivity index (χ0v) is 19.5. The Hall–Kier alpha value is -3.57. The van der Waals surface area contributed by atoms with E-state index in [1.54, 1.807) is 29.2 Å². The predicted octanol–water partition coefficient (Wildman–Crippen LogP) is 2.92. The standard InChI is InChI=1S/C23H19N5O4S2/c29-18-12-14(13-28(18)15-6-2-1-3-7-15)19(30)24-22-25-26-23(34-22)33-11-10-27-20(31)16-8-4-5-9-17(16)21(27)32/h1-9,14H,10-13H2,(H,24,25,30). The van der Waals surface area contributed by atoms with Crippen LogP contribution in [-0.4, -0.2) is 57.6 Å². The van der Waals surface area contributed by atoms with Gasteiger partial charge in [0.15, 0.2) is 4.34 Å². The summed E-state index contributed by atoms with van der Waals surface area (Å²) in [6, 6.07) is 16.0. The van der Waals surface area contributed by atoms with Crippen molar-refractivity contribution in [1.82, 2.24) is 15.1 Å². The number of carbonyl (C=O) groups is 4. The van der Waals surface area contributed by atoms with E-state index in [0.717, 1.165) is 5.69 Å².